The van der Waals surface area contributed by atoms with Gasteiger partial charge in [0, 0.05) is 11.1 Å². The second-order valence-corrected chi connectivity index (χ2v) is 9.19. The molecule has 3 aromatic rings. The molecule has 0 aliphatic rings. The van der Waals surface area contributed by atoms with Crippen LogP contribution in [-0.2, 0) is 9.59 Å². The molecule has 0 saturated heterocycles. The highest BCUT2D eigenvalue weighted by molar-refractivity contribution is 7.80. The fourth-order valence-electron chi connectivity index (χ4n) is 3.28. The number of nitrogens with two attached hydrogens (primary N) is 2. The Morgan fingerprint density at radius 1 is 0.524 bits per heavy atom. The van der Waals surface area contributed by atoms with E-state index in [9.17, 15) is 19.2 Å². The molecule has 0 bridgehead atoms. The maximum Gasteiger partial charge on any atom is 0.286 e. The van der Waals surface area contributed by atoms with E-state index in [1.54, 1.807) is 84.9 Å². The van der Waals surface area contributed by atoms with Gasteiger partial charge in [-0.2, -0.15) is 0 Å². The minimum atomic E-state index is -0.705. The van der Waals surface area contributed by atoms with Crippen LogP contribution in [0.25, 0.3) is 12.2 Å². The van der Waals surface area contributed by atoms with Crippen molar-refractivity contribution in [1.82, 2.24) is 32.3 Å². The monoisotopic (exact) mass is 602 g/mol. The summed E-state index contributed by atoms with van der Waals surface area (Å²) in [5, 5.41) is 4.81. The smallest absolute Gasteiger partial charge is 0.286 e. The highest BCUT2D eigenvalue weighted by atomic mass is 32.1. The Balaban J connectivity index is 1.87. The zero-order valence-electron chi connectivity index (χ0n) is 21.8. The van der Waals surface area contributed by atoms with E-state index in [4.69, 9.17) is 35.9 Å². The molecule has 0 unspecified atom stereocenters. The number of carbonyl (C=O) groups is 4. The van der Waals surface area contributed by atoms with Gasteiger partial charge < -0.3 is 22.1 Å². The molecule has 0 aromatic heterocycles. The molecule has 4 amide bonds. The SMILES string of the molecule is NC(=S)NNC(=O)/C(=C\c1ccc(/C=C(/NC(=O)c2ccccc2)C(=O)NNC(N)=S)cc1)NC(=O)c1ccccc1. The molecule has 0 spiro atoms. The van der Waals surface area contributed by atoms with Crippen molar-refractivity contribution in [1.29, 1.82) is 0 Å². The first-order chi connectivity index (χ1) is 20.1. The van der Waals surface area contributed by atoms with Crippen molar-refractivity contribution in [3.05, 3.63) is 119 Å². The van der Waals surface area contributed by atoms with Gasteiger partial charge in [0.15, 0.2) is 10.2 Å². The normalized spacial score (nSPS) is 11.0. The van der Waals surface area contributed by atoms with Crippen molar-refractivity contribution in [3.63, 3.8) is 0 Å². The van der Waals surface area contributed by atoms with Crippen LogP contribution >= 0.6 is 24.4 Å². The maximum atomic E-state index is 12.7. The molecule has 12 nitrogen and oxygen atoms in total. The minimum absolute atomic E-state index is 0.102. The van der Waals surface area contributed by atoms with Crippen molar-refractivity contribution in [2.75, 3.05) is 0 Å². The summed E-state index contributed by atoms with van der Waals surface area (Å²) in [6.07, 6.45) is 2.86. The Hall–Kier alpha value is -5.60. The van der Waals surface area contributed by atoms with Crippen LogP contribution in [0.15, 0.2) is 96.3 Å². The zero-order valence-corrected chi connectivity index (χ0v) is 23.5. The van der Waals surface area contributed by atoms with Gasteiger partial charge in [0.25, 0.3) is 23.6 Å². The molecule has 214 valence electrons. The number of nitrogens with one attached hydrogen (secondary N) is 6. The number of amides is 4. The Morgan fingerprint density at radius 2 is 0.857 bits per heavy atom. The van der Waals surface area contributed by atoms with E-state index in [0.29, 0.717) is 22.3 Å². The predicted molar refractivity (Wildman–Crippen MR) is 166 cm³/mol. The summed E-state index contributed by atoms with van der Waals surface area (Å²) < 4.78 is 0. The first kappa shape index (κ1) is 30.9. The van der Waals surface area contributed by atoms with Crippen molar-refractivity contribution in [3.8, 4) is 0 Å². The van der Waals surface area contributed by atoms with E-state index in [1.165, 1.54) is 12.2 Å². The summed E-state index contributed by atoms with van der Waals surface area (Å²) in [5.74, 6) is -2.43. The molecule has 14 heteroatoms. The molecule has 0 atom stereocenters. The van der Waals surface area contributed by atoms with Gasteiger partial charge in [-0.15, -0.1) is 0 Å². The van der Waals surface area contributed by atoms with Gasteiger partial charge >= 0.3 is 0 Å². The van der Waals surface area contributed by atoms with Gasteiger partial charge in [0.1, 0.15) is 11.4 Å². The van der Waals surface area contributed by atoms with Crippen LogP contribution in [0.4, 0.5) is 0 Å². The minimum Gasteiger partial charge on any atom is -0.375 e. The van der Waals surface area contributed by atoms with Crippen LogP contribution in [0, 0.1) is 0 Å². The Bertz CT molecular complexity index is 1430. The summed E-state index contributed by atoms with van der Waals surface area (Å²) >= 11 is 9.43. The quantitative estimate of drug-likeness (QED) is 0.105. The molecule has 10 N–H and O–H groups in total. The molecule has 0 saturated carbocycles. The second-order valence-electron chi connectivity index (χ2n) is 8.31. The molecule has 0 aliphatic heterocycles. The number of thiocarbonyl (C=S) groups is 2. The number of hydrazine groups is 2. The number of carbonyl (C=O) groups excluding carboxylic acids is 4. The van der Waals surface area contributed by atoms with E-state index in [0.717, 1.165) is 0 Å². The summed E-state index contributed by atoms with van der Waals surface area (Å²) in [6.45, 7) is 0. The molecule has 3 rings (SSSR count). The number of hydrogen-bond donors (Lipinski definition) is 8. The summed E-state index contributed by atoms with van der Waals surface area (Å²) in [4.78, 5) is 50.9. The molecule has 0 radical (unpaired) electrons. The number of rotatable bonds is 8. The van der Waals surface area contributed by atoms with Crippen molar-refractivity contribution < 1.29 is 19.2 Å². The largest absolute Gasteiger partial charge is 0.375 e. The van der Waals surface area contributed by atoms with Crippen LogP contribution in [0.1, 0.15) is 31.8 Å². The van der Waals surface area contributed by atoms with Gasteiger partial charge in [-0.1, -0.05) is 60.7 Å². The number of hydrogen-bond acceptors (Lipinski definition) is 6. The highest BCUT2D eigenvalue weighted by Crippen LogP contribution is 2.13. The first-order valence-corrected chi connectivity index (χ1v) is 12.9. The van der Waals surface area contributed by atoms with Crippen LogP contribution in [-0.4, -0.2) is 33.9 Å². The van der Waals surface area contributed by atoms with Crippen molar-refractivity contribution >= 4 is 70.4 Å². The molecular formula is C28H26N8O4S2. The Kier molecular flexibility index (Phi) is 11.2. The molecule has 3 aromatic carbocycles. The fourth-order valence-corrected chi connectivity index (χ4v) is 3.38. The van der Waals surface area contributed by atoms with Gasteiger partial charge in [0.2, 0.25) is 0 Å². The number of benzene rings is 3. The van der Waals surface area contributed by atoms with Crippen LogP contribution in [0.3, 0.4) is 0 Å². The van der Waals surface area contributed by atoms with Gasteiger partial charge in [-0.3, -0.25) is 40.9 Å². The van der Waals surface area contributed by atoms with Crippen molar-refractivity contribution in [2.24, 2.45) is 11.5 Å². The lowest BCUT2D eigenvalue weighted by Crippen LogP contribution is -2.47. The average molecular weight is 603 g/mol. The Morgan fingerprint density at radius 3 is 1.17 bits per heavy atom. The third-order valence-electron chi connectivity index (χ3n) is 5.21. The zero-order chi connectivity index (χ0) is 30.5. The molecule has 0 aliphatic carbocycles. The molecule has 0 heterocycles. The van der Waals surface area contributed by atoms with E-state index in [-0.39, 0.29) is 21.6 Å². The summed E-state index contributed by atoms with van der Waals surface area (Å²) in [6, 6.07) is 23.2. The Labute approximate surface area is 251 Å². The van der Waals surface area contributed by atoms with Gasteiger partial charge in [-0.05, 0) is 72.0 Å². The molecule has 42 heavy (non-hydrogen) atoms. The lowest BCUT2D eigenvalue weighted by molar-refractivity contribution is -0.119. The molecule has 0 fully saturated rings. The van der Waals surface area contributed by atoms with E-state index in [1.807, 2.05) is 0 Å². The van der Waals surface area contributed by atoms with Gasteiger partial charge in [0.05, 0.1) is 0 Å². The fraction of sp³-hybridized carbons (Fsp3) is 0. The lowest BCUT2D eigenvalue weighted by atomic mass is 10.1. The third-order valence-corrected chi connectivity index (χ3v) is 5.42. The topological polar surface area (TPSA) is 192 Å². The highest BCUT2D eigenvalue weighted by Gasteiger charge is 2.16. The standard InChI is InChI=1S/C28H26N8O4S2/c29-27(41)35-33-25(39)21(31-23(37)19-7-3-1-4-8-19)15-17-11-13-18(14-12-17)16-22(26(40)34-36-28(30)42)32-24(38)20-9-5-2-6-10-20/h1-16H,(H,31,37)(H,32,38)(H,33,39)(H,34,40)(H3,29,35,41)(H3,30,36,42)/b21-15+,22-16+. The first-order valence-electron chi connectivity index (χ1n) is 12.1. The van der Waals surface area contributed by atoms with E-state index >= 15 is 0 Å². The summed E-state index contributed by atoms with van der Waals surface area (Å²) in [5.41, 5.74) is 21.6. The van der Waals surface area contributed by atoms with Crippen molar-refractivity contribution in [2.45, 2.75) is 0 Å². The second kappa shape index (κ2) is 15.3. The van der Waals surface area contributed by atoms with Crippen LogP contribution < -0.4 is 43.8 Å². The summed E-state index contributed by atoms with van der Waals surface area (Å²) in [7, 11) is 0. The van der Waals surface area contributed by atoms with E-state index < -0.39 is 23.6 Å². The van der Waals surface area contributed by atoms with Crippen LogP contribution in [0.2, 0.25) is 0 Å². The average Bonchev–Trinajstić information content (AvgIpc) is 2.99. The van der Waals surface area contributed by atoms with Crippen LogP contribution in [0.5, 0.6) is 0 Å². The third kappa shape index (κ3) is 9.86. The van der Waals surface area contributed by atoms with E-state index in [2.05, 4.69) is 32.3 Å². The lowest BCUT2D eigenvalue weighted by Gasteiger charge is -2.12. The maximum absolute atomic E-state index is 12.7. The molecular weight excluding hydrogens is 576 g/mol. The predicted octanol–water partition coefficient (Wildman–Crippen LogP) is 0.957. The van der Waals surface area contributed by atoms with Gasteiger partial charge in [-0.25, -0.2) is 0 Å².